The predicted molar refractivity (Wildman–Crippen MR) is 111 cm³/mol. The van der Waals surface area contributed by atoms with Crippen LogP contribution in [-0.4, -0.2) is 18.3 Å². The van der Waals surface area contributed by atoms with Gasteiger partial charge in [-0.05, 0) is 62.0 Å². The summed E-state index contributed by atoms with van der Waals surface area (Å²) < 4.78 is 0. The molecule has 1 N–H and O–H groups in total. The zero-order valence-corrected chi connectivity index (χ0v) is 16.1. The van der Waals surface area contributed by atoms with Gasteiger partial charge in [-0.25, -0.2) is 0 Å². The Kier molecular flexibility index (Phi) is 6.09. The van der Waals surface area contributed by atoms with Crippen LogP contribution in [-0.2, 0) is 0 Å². The molecule has 0 unspecified atom stereocenters. The van der Waals surface area contributed by atoms with Crippen LogP contribution in [0.2, 0.25) is 0 Å². The molecule has 4 rings (SSSR count). The van der Waals surface area contributed by atoms with E-state index in [0.29, 0.717) is 6.04 Å². The van der Waals surface area contributed by atoms with Crippen LogP contribution >= 0.6 is 0 Å². The molecule has 1 heterocycles. The van der Waals surface area contributed by atoms with Gasteiger partial charge < -0.3 is 5.32 Å². The van der Waals surface area contributed by atoms with Crippen LogP contribution < -0.4 is 5.32 Å². The van der Waals surface area contributed by atoms with Crippen molar-refractivity contribution < 1.29 is 0 Å². The number of allylic oxidation sites excluding steroid dienone is 2. The molecular formula is C24H34N2. The molecule has 1 saturated heterocycles. The number of rotatable bonds is 4. The molecule has 1 aromatic rings. The lowest BCUT2D eigenvalue weighted by Gasteiger charge is -2.35. The van der Waals surface area contributed by atoms with E-state index in [9.17, 15) is 0 Å². The highest BCUT2D eigenvalue weighted by Gasteiger charge is 2.28. The highest BCUT2D eigenvalue weighted by molar-refractivity contribution is 6.09. The van der Waals surface area contributed by atoms with E-state index in [1.54, 1.807) is 0 Å². The lowest BCUT2D eigenvalue weighted by molar-refractivity contribution is 0.187. The monoisotopic (exact) mass is 350 g/mol. The largest absolute Gasteiger partial charge is 0.388 e. The molecule has 0 radical (unpaired) electrons. The van der Waals surface area contributed by atoms with Gasteiger partial charge in [-0.1, -0.05) is 62.4 Å². The molecule has 2 aliphatic carbocycles. The van der Waals surface area contributed by atoms with E-state index in [2.05, 4.69) is 41.7 Å². The Bertz CT molecular complexity index is 609. The first-order valence-electron chi connectivity index (χ1n) is 11.0. The Morgan fingerprint density at radius 1 is 0.846 bits per heavy atom. The first kappa shape index (κ1) is 17.8. The second-order valence-corrected chi connectivity index (χ2v) is 8.55. The minimum atomic E-state index is 0.517. The van der Waals surface area contributed by atoms with Crippen LogP contribution in [0.4, 0.5) is 0 Å². The average molecular weight is 351 g/mol. The van der Waals surface area contributed by atoms with Crippen molar-refractivity contribution in [3.05, 3.63) is 47.7 Å². The number of nitrogens with one attached hydrogen (secondary N) is 1. The van der Waals surface area contributed by atoms with Crippen LogP contribution in [0.25, 0.3) is 0 Å². The molecule has 0 aromatic heterocycles. The molecular weight excluding hydrogens is 316 g/mol. The van der Waals surface area contributed by atoms with Gasteiger partial charge in [-0.3, -0.25) is 4.99 Å². The van der Waals surface area contributed by atoms with Gasteiger partial charge in [-0.15, -0.1) is 0 Å². The summed E-state index contributed by atoms with van der Waals surface area (Å²) in [6.45, 7) is 1.11. The van der Waals surface area contributed by atoms with Gasteiger partial charge in [0.15, 0.2) is 0 Å². The van der Waals surface area contributed by atoms with Gasteiger partial charge in [0.2, 0.25) is 0 Å². The van der Waals surface area contributed by atoms with Gasteiger partial charge in [0.25, 0.3) is 0 Å². The molecule has 0 spiro atoms. The second-order valence-electron chi connectivity index (χ2n) is 8.55. The van der Waals surface area contributed by atoms with Gasteiger partial charge in [0, 0.05) is 12.2 Å². The van der Waals surface area contributed by atoms with E-state index < -0.39 is 0 Å². The van der Waals surface area contributed by atoms with E-state index in [4.69, 9.17) is 4.99 Å². The Labute approximate surface area is 159 Å². The van der Waals surface area contributed by atoms with Crippen molar-refractivity contribution in [1.29, 1.82) is 0 Å². The summed E-state index contributed by atoms with van der Waals surface area (Å²) in [5.74, 6) is 2.00. The third kappa shape index (κ3) is 4.58. The summed E-state index contributed by atoms with van der Waals surface area (Å²) in [5.41, 5.74) is 3.82. The van der Waals surface area contributed by atoms with Crippen molar-refractivity contribution in [2.24, 2.45) is 16.8 Å². The standard InChI is InChI=1S/C24H34N2/c1-3-8-19(9-4-1)20-13-15-22(16-14-20)26-24(18-23-12-7-17-25-23)21-10-5-2-6-11-21/h2,5-6,10-11,18-20,22,25H,1,3-4,7-9,12-17H2/b23-18-,26-24?. The fraction of sp³-hybridized carbons (Fsp3) is 0.625. The van der Waals surface area contributed by atoms with E-state index in [1.807, 2.05) is 0 Å². The molecule has 140 valence electrons. The van der Waals surface area contributed by atoms with E-state index in [0.717, 1.165) is 18.4 Å². The third-order valence-corrected chi connectivity index (χ3v) is 6.73. The number of aliphatic imine (C=N–C) groups is 1. The first-order chi connectivity index (χ1) is 12.9. The summed E-state index contributed by atoms with van der Waals surface area (Å²) in [7, 11) is 0. The topological polar surface area (TPSA) is 24.4 Å². The molecule has 0 amide bonds. The van der Waals surface area contributed by atoms with Crippen molar-refractivity contribution in [2.75, 3.05) is 6.54 Å². The second kappa shape index (κ2) is 8.88. The number of nitrogens with zero attached hydrogens (tertiary/aromatic N) is 1. The molecule has 0 bridgehead atoms. The highest BCUT2D eigenvalue weighted by atomic mass is 14.9. The minimum Gasteiger partial charge on any atom is -0.388 e. The Balaban J connectivity index is 1.44. The molecule has 3 aliphatic rings. The summed E-state index contributed by atoms with van der Waals surface area (Å²) in [5, 5.41) is 3.52. The average Bonchev–Trinajstić information content (AvgIpc) is 3.23. The maximum Gasteiger partial charge on any atom is 0.0667 e. The zero-order chi connectivity index (χ0) is 17.6. The lowest BCUT2D eigenvalue weighted by Crippen LogP contribution is -2.25. The Morgan fingerprint density at radius 2 is 1.58 bits per heavy atom. The van der Waals surface area contributed by atoms with Crippen LogP contribution in [0.5, 0.6) is 0 Å². The smallest absolute Gasteiger partial charge is 0.0667 e. The van der Waals surface area contributed by atoms with E-state index in [-0.39, 0.29) is 0 Å². The van der Waals surface area contributed by atoms with Crippen molar-refractivity contribution in [3.8, 4) is 0 Å². The summed E-state index contributed by atoms with van der Waals surface area (Å²) in [6, 6.07) is 11.3. The van der Waals surface area contributed by atoms with Crippen LogP contribution in [0, 0.1) is 11.8 Å². The molecule has 26 heavy (non-hydrogen) atoms. The van der Waals surface area contributed by atoms with Crippen molar-refractivity contribution >= 4 is 5.71 Å². The van der Waals surface area contributed by atoms with Crippen LogP contribution in [0.1, 0.15) is 76.2 Å². The molecule has 0 atom stereocenters. The molecule has 2 heteroatoms. The predicted octanol–water partition coefficient (Wildman–Crippen LogP) is 5.88. The van der Waals surface area contributed by atoms with E-state index in [1.165, 1.54) is 87.6 Å². The normalized spacial score (nSPS) is 29.7. The van der Waals surface area contributed by atoms with Gasteiger partial charge in [0.05, 0.1) is 11.8 Å². The molecule has 2 nitrogen and oxygen atoms in total. The van der Waals surface area contributed by atoms with Gasteiger partial charge in [-0.2, -0.15) is 0 Å². The van der Waals surface area contributed by atoms with Crippen LogP contribution in [0.3, 0.4) is 0 Å². The molecule has 1 aliphatic heterocycles. The Hall–Kier alpha value is -1.57. The van der Waals surface area contributed by atoms with Crippen molar-refractivity contribution in [2.45, 2.75) is 76.7 Å². The maximum atomic E-state index is 5.25. The van der Waals surface area contributed by atoms with Crippen molar-refractivity contribution in [1.82, 2.24) is 5.32 Å². The fourth-order valence-electron chi connectivity index (χ4n) is 5.21. The summed E-state index contributed by atoms with van der Waals surface area (Å²) in [4.78, 5) is 5.25. The van der Waals surface area contributed by atoms with Crippen LogP contribution in [0.15, 0.2) is 47.1 Å². The fourth-order valence-corrected chi connectivity index (χ4v) is 5.21. The van der Waals surface area contributed by atoms with Gasteiger partial charge in [0.1, 0.15) is 0 Å². The zero-order valence-electron chi connectivity index (χ0n) is 16.1. The first-order valence-corrected chi connectivity index (χ1v) is 11.0. The summed E-state index contributed by atoms with van der Waals surface area (Å²) in [6.07, 6.45) is 17.5. The molecule has 2 saturated carbocycles. The SMILES string of the molecule is C(/C(=NC1CCC(C2CCCCC2)CC1)c1ccccc1)=C1\CCCN1. The number of hydrogen-bond donors (Lipinski definition) is 1. The quantitative estimate of drug-likeness (QED) is 0.674. The van der Waals surface area contributed by atoms with Crippen molar-refractivity contribution in [3.63, 3.8) is 0 Å². The van der Waals surface area contributed by atoms with Gasteiger partial charge >= 0.3 is 0 Å². The Morgan fingerprint density at radius 3 is 2.27 bits per heavy atom. The number of benzene rings is 1. The number of hydrogen-bond acceptors (Lipinski definition) is 2. The molecule has 3 fully saturated rings. The van der Waals surface area contributed by atoms with E-state index >= 15 is 0 Å². The minimum absolute atomic E-state index is 0.517. The highest BCUT2D eigenvalue weighted by Crippen LogP contribution is 2.39. The summed E-state index contributed by atoms with van der Waals surface area (Å²) >= 11 is 0. The lowest BCUT2D eigenvalue weighted by atomic mass is 9.72. The maximum absolute atomic E-state index is 5.25. The third-order valence-electron chi connectivity index (χ3n) is 6.73. The molecule has 1 aromatic carbocycles.